The normalized spacial score (nSPS) is 13.4. The van der Waals surface area contributed by atoms with Crippen LogP contribution in [0.1, 0.15) is 219 Å². The molecule has 0 heterocycles. The molecule has 50 heavy (non-hydrogen) atoms. The lowest BCUT2D eigenvalue weighted by Gasteiger charge is -2.19. The smallest absolute Gasteiger partial charge is 0.220 e. The van der Waals surface area contributed by atoms with Crippen LogP contribution in [0.2, 0.25) is 0 Å². The lowest BCUT2D eigenvalue weighted by Crippen LogP contribution is -2.45. The molecule has 0 saturated heterocycles. The summed E-state index contributed by atoms with van der Waals surface area (Å²) in [6.45, 7) is 4.25. The topological polar surface area (TPSA) is 69.6 Å². The molecule has 0 aromatic heterocycles. The fraction of sp³-hybridized carbons (Fsp3) is 0.804. The molecule has 0 aliphatic rings. The molecule has 0 aliphatic heterocycles. The number of unbranched alkanes of at least 4 members (excludes halogenated alkanes) is 26. The summed E-state index contributed by atoms with van der Waals surface area (Å²) in [6, 6.07) is -0.648. The number of rotatable bonds is 39. The largest absolute Gasteiger partial charge is 0.394 e. The highest BCUT2D eigenvalue weighted by molar-refractivity contribution is 5.76. The van der Waals surface area contributed by atoms with Gasteiger partial charge in [0.25, 0.3) is 0 Å². The molecule has 0 fully saturated rings. The Morgan fingerprint density at radius 3 is 1.22 bits per heavy atom. The standard InChI is InChI=1S/C46H85NO3/c1-3-5-7-9-11-13-15-16-17-18-19-20-21-22-23-24-25-26-27-28-29-30-32-33-35-37-39-41-45(49)44(43-48)47-46(50)42-40-38-36-34-31-14-12-10-8-6-4-2/h10,12,27-28,32-33,39,41,44-45,48-49H,3-9,11,13-26,29-31,34-38,40,42-43H2,1-2H3,(H,47,50)/b12-10-,28-27+,33-32+,41-39+. The Morgan fingerprint density at radius 2 is 0.800 bits per heavy atom. The second-order valence-electron chi connectivity index (χ2n) is 14.7. The van der Waals surface area contributed by atoms with Gasteiger partial charge in [-0.05, 0) is 64.2 Å². The summed E-state index contributed by atoms with van der Waals surface area (Å²) < 4.78 is 0. The first kappa shape index (κ1) is 48.3. The molecular formula is C46H85NO3. The van der Waals surface area contributed by atoms with E-state index in [1.807, 2.05) is 6.08 Å². The van der Waals surface area contributed by atoms with Crippen molar-refractivity contribution in [1.82, 2.24) is 5.32 Å². The van der Waals surface area contributed by atoms with Crippen molar-refractivity contribution in [1.29, 1.82) is 0 Å². The first-order chi connectivity index (χ1) is 24.7. The van der Waals surface area contributed by atoms with Crippen LogP contribution in [0.3, 0.4) is 0 Å². The minimum absolute atomic E-state index is 0.0902. The van der Waals surface area contributed by atoms with Gasteiger partial charge in [0, 0.05) is 6.42 Å². The zero-order chi connectivity index (χ0) is 36.4. The summed E-state index contributed by atoms with van der Waals surface area (Å²) in [5, 5.41) is 22.9. The molecule has 0 aromatic rings. The van der Waals surface area contributed by atoms with Crippen LogP contribution in [0.4, 0.5) is 0 Å². The predicted octanol–water partition coefficient (Wildman–Crippen LogP) is 13.6. The number of hydrogen-bond donors (Lipinski definition) is 3. The molecule has 0 aliphatic carbocycles. The van der Waals surface area contributed by atoms with Gasteiger partial charge in [-0.15, -0.1) is 0 Å². The SMILES string of the molecule is CCCC/C=C\CCCCCCCC(=O)NC(CO)C(O)/C=C/CC/C=C/CC/C=C/CCCCCCCCCCCCCCCCCCC. The highest BCUT2D eigenvalue weighted by Crippen LogP contribution is 2.15. The third kappa shape index (κ3) is 37.6. The molecule has 4 nitrogen and oxygen atoms in total. The van der Waals surface area contributed by atoms with Gasteiger partial charge in [-0.25, -0.2) is 0 Å². The van der Waals surface area contributed by atoms with E-state index in [1.54, 1.807) is 6.08 Å². The molecule has 4 heteroatoms. The van der Waals surface area contributed by atoms with E-state index in [0.29, 0.717) is 6.42 Å². The van der Waals surface area contributed by atoms with E-state index in [2.05, 4.69) is 55.6 Å². The zero-order valence-corrected chi connectivity index (χ0v) is 33.4. The Labute approximate surface area is 312 Å². The van der Waals surface area contributed by atoms with Crippen LogP contribution in [0.15, 0.2) is 48.6 Å². The van der Waals surface area contributed by atoms with Gasteiger partial charge >= 0.3 is 0 Å². The van der Waals surface area contributed by atoms with Crippen molar-refractivity contribution < 1.29 is 15.0 Å². The van der Waals surface area contributed by atoms with Crippen molar-refractivity contribution in [2.75, 3.05) is 6.61 Å². The molecule has 0 spiro atoms. The van der Waals surface area contributed by atoms with Crippen molar-refractivity contribution >= 4 is 5.91 Å². The number of nitrogens with one attached hydrogen (secondary N) is 1. The van der Waals surface area contributed by atoms with Gasteiger partial charge in [0.2, 0.25) is 5.91 Å². The number of amides is 1. The Balaban J connectivity index is 3.60. The predicted molar refractivity (Wildman–Crippen MR) is 221 cm³/mol. The lowest BCUT2D eigenvalue weighted by molar-refractivity contribution is -0.123. The number of aliphatic hydroxyl groups excluding tert-OH is 2. The first-order valence-corrected chi connectivity index (χ1v) is 21.9. The first-order valence-electron chi connectivity index (χ1n) is 21.9. The van der Waals surface area contributed by atoms with Crippen LogP contribution < -0.4 is 5.32 Å². The highest BCUT2D eigenvalue weighted by Gasteiger charge is 2.17. The summed E-state index contributed by atoms with van der Waals surface area (Å²) in [6.07, 6.45) is 56.6. The van der Waals surface area contributed by atoms with Gasteiger partial charge in [0.15, 0.2) is 0 Å². The van der Waals surface area contributed by atoms with E-state index in [-0.39, 0.29) is 12.5 Å². The van der Waals surface area contributed by atoms with Gasteiger partial charge in [-0.3, -0.25) is 4.79 Å². The van der Waals surface area contributed by atoms with Gasteiger partial charge in [-0.2, -0.15) is 0 Å². The second-order valence-corrected chi connectivity index (χ2v) is 14.7. The highest BCUT2D eigenvalue weighted by atomic mass is 16.3. The molecule has 0 aromatic carbocycles. The van der Waals surface area contributed by atoms with Crippen molar-refractivity contribution in [3.8, 4) is 0 Å². The van der Waals surface area contributed by atoms with Crippen molar-refractivity contribution in [2.24, 2.45) is 0 Å². The van der Waals surface area contributed by atoms with E-state index < -0.39 is 12.1 Å². The zero-order valence-electron chi connectivity index (χ0n) is 33.4. The third-order valence-corrected chi connectivity index (χ3v) is 9.76. The van der Waals surface area contributed by atoms with E-state index in [0.717, 1.165) is 51.4 Å². The Kier molecular flexibility index (Phi) is 40.4. The number of carbonyl (C=O) groups excluding carboxylic acids is 1. The van der Waals surface area contributed by atoms with E-state index in [1.165, 1.54) is 148 Å². The maximum absolute atomic E-state index is 12.3. The number of hydrogen-bond acceptors (Lipinski definition) is 3. The minimum Gasteiger partial charge on any atom is -0.394 e. The van der Waals surface area contributed by atoms with Gasteiger partial charge in [0.05, 0.1) is 18.8 Å². The maximum atomic E-state index is 12.3. The number of aliphatic hydroxyl groups is 2. The van der Waals surface area contributed by atoms with Gasteiger partial charge in [0.1, 0.15) is 0 Å². The van der Waals surface area contributed by atoms with Gasteiger partial charge in [-0.1, -0.05) is 197 Å². The number of allylic oxidation sites excluding steroid dienone is 7. The molecule has 1 amide bonds. The van der Waals surface area contributed by atoms with Crippen molar-refractivity contribution in [3.63, 3.8) is 0 Å². The molecule has 292 valence electrons. The summed E-state index contributed by atoms with van der Waals surface area (Å²) in [5.74, 6) is -0.0902. The van der Waals surface area contributed by atoms with Crippen LogP contribution in [0.5, 0.6) is 0 Å². The summed E-state index contributed by atoms with van der Waals surface area (Å²) in [5.41, 5.74) is 0. The van der Waals surface area contributed by atoms with Crippen LogP contribution in [0.25, 0.3) is 0 Å². The monoisotopic (exact) mass is 700 g/mol. The molecule has 0 radical (unpaired) electrons. The quantitative estimate of drug-likeness (QED) is 0.0442. The van der Waals surface area contributed by atoms with Crippen LogP contribution >= 0.6 is 0 Å². The fourth-order valence-corrected chi connectivity index (χ4v) is 6.37. The van der Waals surface area contributed by atoms with E-state index >= 15 is 0 Å². The van der Waals surface area contributed by atoms with Crippen LogP contribution in [-0.4, -0.2) is 34.9 Å². The number of carbonyl (C=O) groups is 1. The van der Waals surface area contributed by atoms with Crippen LogP contribution in [-0.2, 0) is 4.79 Å². The Hall–Kier alpha value is -1.65. The van der Waals surface area contributed by atoms with E-state index in [4.69, 9.17) is 0 Å². The Bertz CT molecular complexity index is 801. The average Bonchev–Trinajstić information content (AvgIpc) is 3.12. The van der Waals surface area contributed by atoms with Crippen LogP contribution in [0, 0.1) is 0 Å². The van der Waals surface area contributed by atoms with Crippen molar-refractivity contribution in [3.05, 3.63) is 48.6 Å². The third-order valence-electron chi connectivity index (χ3n) is 9.76. The summed E-state index contributed by atoms with van der Waals surface area (Å²) >= 11 is 0. The molecular weight excluding hydrogens is 615 g/mol. The summed E-state index contributed by atoms with van der Waals surface area (Å²) in [7, 11) is 0. The Morgan fingerprint density at radius 1 is 0.460 bits per heavy atom. The molecule has 0 rings (SSSR count). The average molecular weight is 700 g/mol. The minimum atomic E-state index is -0.873. The van der Waals surface area contributed by atoms with E-state index in [9.17, 15) is 15.0 Å². The summed E-state index contributed by atoms with van der Waals surface area (Å²) in [4.78, 5) is 12.3. The van der Waals surface area contributed by atoms with Gasteiger partial charge < -0.3 is 15.5 Å². The maximum Gasteiger partial charge on any atom is 0.220 e. The molecule has 2 atom stereocenters. The molecule has 3 N–H and O–H groups in total. The second kappa shape index (κ2) is 41.8. The molecule has 2 unspecified atom stereocenters. The fourth-order valence-electron chi connectivity index (χ4n) is 6.37. The lowest BCUT2D eigenvalue weighted by atomic mass is 10.0. The molecule has 0 saturated carbocycles. The molecule has 0 bridgehead atoms. The van der Waals surface area contributed by atoms with Crippen molar-refractivity contribution in [2.45, 2.75) is 231 Å².